The van der Waals surface area contributed by atoms with Gasteiger partial charge >= 0.3 is 0 Å². The quantitative estimate of drug-likeness (QED) is 0.0168. The standard InChI is InChI=1S/C54H95Cl2NO27/c1-4-5-6-7-8-9-10-11-12-13-14-15-16-17-28(63)27(57-50(74)49(55)56)24-75-52-42(72)40(70)46(33(22-61)78-52)83-54-43(73)48(81-35-18-29(64)25(2)44(80-35)36(66)30(65)19-58)47(34(23-62)79-54)84-51-26(3)45(38(68)32(21-60)76-51)82-53-41(71)39(69)37(67)31(20-59)77-53/h16-17,25-49,51-54,58-73H,4-15,18-24H2,1-3H3,(H,57,74)/b17-16+/t25-,26?,27+,28-,29-,30-,31?,32?,33?,34?,35?,36-,37+,38+,39+,40-,41?,42?,43?,44?,45-,46-,47+,48-,51+,52-,53+,54+/m1/s1. The Morgan fingerprint density at radius 2 is 1.07 bits per heavy atom. The van der Waals surface area contributed by atoms with Gasteiger partial charge in [0, 0.05) is 18.3 Å². The Kier molecular flexibility index (Phi) is 32.0. The number of amides is 1. The Morgan fingerprint density at radius 1 is 0.560 bits per heavy atom. The number of unbranched alkanes of at least 4 members (excludes halogenated alkanes) is 11. The van der Waals surface area contributed by atoms with Gasteiger partial charge < -0.3 is 134 Å². The van der Waals surface area contributed by atoms with Crippen LogP contribution in [-0.2, 0) is 52.2 Å². The molecule has 5 rings (SSSR count). The van der Waals surface area contributed by atoms with Gasteiger partial charge in [-0.1, -0.05) is 120 Å². The highest BCUT2D eigenvalue weighted by molar-refractivity contribution is 6.53. The minimum Gasteiger partial charge on any atom is -0.394 e. The van der Waals surface area contributed by atoms with Gasteiger partial charge in [-0.15, -0.1) is 0 Å². The maximum atomic E-state index is 12.6. The Morgan fingerprint density at radius 3 is 1.67 bits per heavy atom. The number of carbonyl (C=O) groups is 1. The molecule has 5 aliphatic rings. The van der Waals surface area contributed by atoms with Crippen molar-refractivity contribution in [3.8, 4) is 0 Å². The Bertz CT molecular complexity index is 1870. The molecule has 0 aromatic carbocycles. The van der Waals surface area contributed by atoms with E-state index >= 15 is 0 Å². The molecule has 5 saturated heterocycles. The van der Waals surface area contributed by atoms with E-state index in [4.69, 9.17) is 70.6 Å². The molecule has 28 nitrogen and oxygen atoms in total. The molecular weight excluding hydrogens is 1170 g/mol. The smallest absolute Gasteiger partial charge is 0.253 e. The van der Waals surface area contributed by atoms with E-state index in [0.717, 1.165) is 25.7 Å². The third-order valence-electron chi connectivity index (χ3n) is 16.3. The van der Waals surface area contributed by atoms with Gasteiger partial charge in [-0.05, 0) is 12.8 Å². The Hall–Kier alpha value is -1.25. The molecule has 0 aromatic heterocycles. The van der Waals surface area contributed by atoms with Crippen LogP contribution in [0.3, 0.4) is 0 Å². The van der Waals surface area contributed by atoms with Gasteiger partial charge in [-0.3, -0.25) is 4.79 Å². The van der Waals surface area contributed by atoms with Crippen LogP contribution in [0.15, 0.2) is 12.2 Å². The average Bonchev–Trinajstić information content (AvgIpc) is 1.69. The first-order valence-corrected chi connectivity index (χ1v) is 30.2. The molecule has 28 atom stereocenters. The number of allylic oxidation sites excluding steroid dienone is 1. The number of hydrogen-bond acceptors (Lipinski definition) is 27. The molecule has 1 amide bonds. The van der Waals surface area contributed by atoms with Gasteiger partial charge in [0.05, 0.1) is 70.1 Å². The molecule has 5 fully saturated rings. The molecule has 10 unspecified atom stereocenters. The van der Waals surface area contributed by atoms with Crippen LogP contribution in [0.25, 0.3) is 0 Å². The Balaban J connectivity index is 1.33. The van der Waals surface area contributed by atoms with E-state index in [1.807, 2.05) is 0 Å². The van der Waals surface area contributed by atoms with E-state index in [0.29, 0.717) is 6.42 Å². The molecule has 17 N–H and O–H groups in total. The summed E-state index contributed by atoms with van der Waals surface area (Å²) in [6.45, 7) is 0.0206. The summed E-state index contributed by atoms with van der Waals surface area (Å²) in [5.74, 6) is -2.94. The molecule has 0 bridgehead atoms. The first kappa shape index (κ1) is 73.5. The normalized spacial score (nSPS) is 40.2. The van der Waals surface area contributed by atoms with E-state index in [1.165, 1.54) is 64.9 Å². The van der Waals surface area contributed by atoms with Crippen LogP contribution in [0, 0.1) is 11.8 Å². The number of hydrogen-bond donors (Lipinski definition) is 17. The molecular formula is C54H95Cl2NO27. The molecule has 0 aromatic rings. The fraction of sp³-hybridized carbons (Fsp3) is 0.944. The van der Waals surface area contributed by atoms with E-state index in [-0.39, 0.29) is 6.42 Å². The number of aliphatic hydroxyl groups excluding tert-OH is 16. The van der Waals surface area contributed by atoms with Crippen LogP contribution in [0.2, 0.25) is 0 Å². The third kappa shape index (κ3) is 19.9. The lowest BCUT2D eigenvalue weighted by Crippen LogP contribution is -2.67. The van der Waals surface area contributed by atoms with E-state index in [2.05, 4.69) is 12.2 Å². The summed E-state index contributed by atoms with van der Waals surface area (Å²) in [6, 6.07) is -1.23. The van der Waals surface area contributed by atoms with E-state index in [1.54, 1.807) is 6.08 Å². The number of halogens is 2. The maximum absolute atomic E-state index is 12.6. The monoisotopic (exact) mass is 1260 g/mol. The molecule has 0 spiro atoms. The van der Waals surface area contributed by atoms with Gasteiger partial charge in [-0.2, -0.15) is 0 Å². The third-order valence-corrected chi connectivity index (χ3v) is 16.7. The highest BCUT2D eigenvalue weighted by Crippen LogP contribution is 2.39. The lowest BCUT2D eigenvalue weighted by atomic mass is 9.87. The highest BCUT2D eigenvalue weighted by atomic mass is 35.5. The van der Waals surface area contributed by atoms with E-state index < -0.39 is 222 Å². The predicted molar refractivity (Wildman–Crippen MR) is 291 cm³/mol. The second-order valence-corrected chi connectivity index (χ2v) is 23.6. The number of nitrogens with one attached hydrogen (secondary N) is 1. The number of rotatable bonds is 34. The van der Waals surface area contributed by atoms with Gasteiger partial charge in [0.1, 0.15) is 97.7 Å². The van der Waals surface area contributed by atoms with Crippen LogP contribution in [-0.4, -0.2) is 292 Å². The summed E-state index contributed by atoms with van der Waals surface area (Å²) < 4.78 is 59.9. The van der Waals surface area contributed by atoms with Crippen molar-refractivity contribution < 1.29 is 134 Å². The van der Waals surface area contributed by atoms with Crippen LogP contribution in [0.1, 0.15) is 104 Å². The topological polar surface area (TPSA) is 445 Å². The number of aliphatic hydroxyl groups is 16. The van der Waals surface area contributed by atoms with Crippen LogP contribution >= 0.6 is 23.2 Å². The zero-order valence-corrected chi connectivity index (χ0v) is 49.2. The van der Waals surface area contributed by atoms with Crippen molar-refractivity contribution in [1.82, 2.24) is 5.32 Å². The highest BCUT2D eigenvalue weighted by Gasteiger charge is 2.57. The minimum absolute atomic E-state index is 0.360. The van der Waals surface area contributed by atoms with Crippen LogP contribution in [0.5, 0.6) is 0 Å². The number of ether oxygens (including phenoxy) is 10. The predicted octanol–water partition coefficient (Wildman–Crippen LogP) is -3.69. The summed E-state index contributed by atoms with van der Waals surface area (Å²) in [4.78, 5) is 11.1. The Labute approximate surface area is 499 Å². The second kappa shape index (κ2) is 36.6. The zero-order chi connectivity index (χ0) is 61.9. The molecule has 0 saturated carbocycles. The van der Waals surface area contributed by atoms with Crippen molar-refractivity contribution in [3.05, 3.63) is 12.2 Å². The van der Waals surface area contributed by atoms with E-state index in [9.17, 15) is 86.5 Å². The molecule has 492 valence electrons. The van der Waals surface area contributed by atoms with Gasteiger partial charge in [0.2, 0.25) is 0 Å². The van der Waals surface area contributed by atoms with Crippen LogP contribution < -0.4 is 5.32 Å². The van der Waals surface area contributed by atoms with Crippen molar-refractivity contribution in [1.29, 1.82) is 0 Å². The van der Waals surface area contributed by atoms with Gasteiger partial charge in [0.15, 0.2) is 36.3 Å². The average molecular weight is 1260 g/mol. The molecule has 0 radical (unpaired) electrons. The van der Waals surface area contributed by atoms with Gasteiger partial charge in [0.25, 0.3) is 5.91 Å². The number of carbonyl (C=O) groups excluding carboxylic acids is 1. The summed E-state index contributed by atoms with van der Waals surface area (Å²) in [6.07, 6.45) is -26.7. The first-order chi connectivity index (χ1) is 40.1. The summed E-state index contributed by atoms with van der Waals surface area (Å²) in [5.41, 5.74) is 0. The summed E-state index contributed by atoms with van der Waals surface area (Å²) >= 11 is 11.6. The fourth-order valence-corrected chi connectivity index (χ4v) is 11.1. The molecule has 30 heteroatoms. The summed E-state index contributed by atoms with van der Waals surface area (Å²) in [7, 11) is 0. The van der Waals surface area contributed by atoms with Gasteiger partial charge in [-0.25, -0.2) is 0 Å². The zero-order valence-electron chi connectivity index (χ0n) is 47.7. The van der Waals surface area contributed by atoms with Crippen molar-refractivity contribution in [2.45, 2.75) is 269 Å². The first-order valence-electron chi connectivity index (χ1n) is 29.4. The van der Waals surface area contributed by atoms with Crippen molar-refractivity contribution in [2.75, 3.05) is 39.6 Å². The lowest BCUT2D eigenvalue weighted by molar-refractivity contribution is -0.396. The SMILES string of the molecule is CCCCCCCCCCCCC/C=C/[C@@H](O)[C@H](CO[C@@H]1OC(CO)[C@@H](O[C@@H]2OC(CO)[C@H](O[C@@H]3OC(CO)[C@H](O)[C@H](O[C@@H]4OC(CO)[C@H](O)[C@H](O)C4O)C3C)[C@H](OC3C[C@@H](O)[C@@H](C)C([C@H](O)[C@H](O)CO)O3)C2O)[C@H](O)C1O)NC(=O)C(Cl)Cl. The fourth-order valence-electron chi connectivity index (χ4n) is 11.0. The molecule has 84 heavy (non-hydrogen) atoms. The largest absolute Gasteiger partial charge is 0.394 e. The minimum atomic E-state index is -2.12. The summed E-state index contributed by atoms with van der Waals surface area (Å²) in [5, 5.41) is 176. The molecule has 5 heterocycles. The lowest BCUT2D eigenvalue weighted by Gasteiger charge is -2.51. The second-order valence-electron chi connectivity index (χ2n) is 22.5. The number of alkyl halides is 2. The molecule has 0 aliphatic carbocycles. The molecule has 5 aliphatic heterocycles. The maximum Gasteiger partial charge on any atom is 0.253 e. The van der Waals surface area contributed by atoms with Crippen molar-refractivity contribution in [2.24, 2.45) is 11.8 Å². The van der Waals surface area contributed by atoms with Crippen molar-refractivity contribution in [3.63, 3.8) is 0 Å². The van der Waals surface area contributed by atoms with Crippen LogP contribution in [0.4, 0.5) is 0 Å². The van der Waals surface area contributed by atoms with Crippen molar-refractivity contribution >= 4 is 29.1 Å².